The predicted octanol–water partition coefficient (Wildman–Crippen LogP) is 0.606. The van der Waals surface area contributed by atoms with Crippen LogP contribution in [0.2, 0.25) is 0 Å². The molecule has 1 heterocycles. The molecular weight excluding hydrogens is 236 g/mol. The molecule has 2 amide bonds. The maximum atomic E-state index is 12.0. The number of carboxylic acid groups (broad SMARTS) is 1. The van der Waals surface area contributed by atoms with Gasteiger partial charge in [-0.1, -0.05) is 0 Å². The van der Waals surface area contributed by atoms with Gasteiger partial charge in [0, 0.05) is 33.1 Å². The lowest BCUT2D eigenvalue weighted by Crippen LogP contribution is -2.40. The van der Waals surface area contributed by atoms with Crippen LogP contribution in [-0.2, 0) is 4.79 Å². The van der Waals surface area contributed by atoms with E-state index in [-0.39, 0.29) is 18.4 Å². The Bertz CT molecular complexity index is 306. The molecule has 2 unspecified atom stereocenters. The van der Waals surface area contributed by atoms with Gasteiger partial charge in [-0.2, -0.15) is 0 Å². The molecule has 18 heavy (non-hydrogen) atoms. The summed E-state index contributed by atoms with van der Waals surface area (Å²) in [7, 11) is 1.70. The topological polar surface area (TPSA) is 81.1 Å². The van der Waals surface area contributed by atoms with E-state index in [1.165, 1.54) is 0 Å². The van der Waals surface area contributed by atoms with Gasteiger partial charge in [-0.15, -0.1) is 0 Å². The quantitative estimate of drug-likeness (QED) is 0.757. The second-order valence-corrected chi connectivity index (χ2v) is 5.04. The maximum absolute atomic E-state index is 12.0. The normalized spacial score (nSPS) is 20.8. The van der Waals surface area contributed by atoms with Gasteiger partial charge in [0.1, 0.15) is 0 Å². The lowest BCUT2D eigenvalue weighted by Gasteiger charge is -2.25. The minimum absolute atomic E-state index is 0.0663. The third kappa shape index (κ3) is 4.52. The zero-order chi connectivity index (χ0) is 13.7. The molecule has 0 saturated carbocycles. The number of aliphatic hydroxyl groups is 1. The van der Waals surface area contributed by atoms with Crippen LogP contribution in [0.3, 0.4) is 0 Å². The first-order valence-corrected chi connectivity index (χ1v) is 6.30. The van der Waals surface area contributed by atoms with Crippen molar-refractivity contribution in [1.82, 2.24) is 9.80 Å². The van der Waals surface area contributed by atoms with Crippen LogP contribution in [0.1, 0.15) is 26.2 Å². The van der Waals surface area contributed by atoms with Crippen molar-refractivity contribution >= 4 is 12.0 Å². The number of hydrogen-bond donors (Lipinski definition) is 2. The van der Waals surface area contributed by atoms with E-state index in [0.29, 0.717) is 26.1 Å². The standard InChI is InChI=1S/C12H22N2O4/c1-9(15)3-5-13(2)12(18)14-6-4-10(8-14)7-11(16)17/h9-10,15H,3-8H2,1-2H3,(H,16,17). The summed E-state index contributed by atoms with van der Waals surface area (Å²) in [5.74, 6) is -0.742. The molecule has 104 valence electrons. The first-order valence-electron chi connectivity index (χ1n) is 6.30. The van der Waals surface area contributed by atoms with Crippen LogP contribution >= 0.6 is 0 Å². The Morgan fingerprint density at radius 2 is 2.17 bits per heavy atom. The summed E-state index contributed by atoms with van der Waals surface area (Å²) in [4.78, 5) is 25.9. The van der Waals surface area contributed by atoms with Crippen molar-refractivity contribution in [3.05, 3.63) is 0 Å². The van der Waals surface area contributed by atoms with Crippen LogP contribution in [0.25, 0.3) is 0 Å². The van der Waals surface area contributed by atoms with E-state index in [4.69, 9.17) is 5.11 Å². The number of rotatable bonds is 5. The minimum atomic E-state index is -0.809. The third-order valence-electron chi connectivity index (χ3n) is 3.23. The second kappa shape index (κ2) is 6.58. The van der Waals surface area contributed by atoms with E-state index in [9.17, 15) is 14.7 Å². The summed E-state index contributed by atoms with van der Waals surface area (Å²) >= 11 is 0. The van der Waals surface area contributed by atoms with E-state index >= 15 is 0 Å². The summed E-state index contributed by atoms with van der Waals surface area (Å²) in [5, 5.41) is 17.9. The van der Waals surface area contributed by atoms with Crippen molar-refractivity contribution in [2.24, 2.45) is 5.92 Å². The van der Waals surface area contributed by atoms with E-state index in [1.807, 2.05) is 0 Å². The van der Waals surface area contributed by atoms with Gasteiger partial charge in [0.25, 0.3) is 0 Å². The molecular formula is C12H22N2O4. The Labute approximate surface area is 107 Å². The number of nitrogens with zero attached hydrogens (tertiary/aromatic N) is 2. The van der Waals surface area contributed by atoms with Crippen molar-refractivity contribution in [2.45, 2.75) is 32.3 Å². The van der Waals surface area contributed by atoms with Gasteiger partial charge in [0.15, 0.2) is 0 Å². The molecule has 2 atom stereocenters. The highest BCUT2D eigenvalue weighted by molar-refractivity contribution is 5.74. The van der Waals surface area contributed by atoms with Crippen molar-refractivity contribution in [1.29, 1.82) is 0 Å². The Kier molecular flexibility index (Phi) is 5.40. The monoisotopic (exact) mass is 258 g/mol. The van der Waals surface area contributed by atoms with E-state index < -0.39 is 12.1 Å². The number of urea groups is 1. The molecule has 1 fully saturated rings. The van der Waals surface area contributed by atoms with Gasteiger partial charge < -0.3 is 20.0 Å². The number of aliphatic hydroxyl groups excluding tert-OH is 1. The SMILES string of the molecule is CC(O)CCN(C)C(=O)N1CCC(CC(=O)O)C1. The van der Waals surface area contributed by atoms with Crippen LogP contribution < -0.4 is 0 Å². The highest BCUT2D eigenvalue weighted by Gasteiger charge is 2.29. The van der Waals surface area contributed by atoms with E-state index in [2.05, 4.69) is 0 Å². The first kappa shape index (κ1) is 14.8. The number of carbonyl (C=O) groups is 2. The number of likely N-dealkylation sites (tertiary alicyclic amines) is 1. The van der Waals surface area contributed by atoms with Gasteiger partial charge in [-0.25, -0.2) is 4.79 Å². The lowest BCUT2D eigenvalue weighted by molar-refractivity contribution is -0.138. The molecule has 6 heteroatoms. The largest absolute Gasteiger partial charge is 0.481 e. The number of hydrogen-bond acceptors (Lipinski definition) is 3. The van der Waals surface area contributed by atoms with Crippen LogP contribution in [0.15, 0.2) is 0 Å². The average molecular weight is 258 g/mol. The van der Waals surface area contributed by atoms with E-state index in [0.717, 1.165) is 6.42 Å². The molecule has 0 aromatic heterocycles. The maximum Gasteiger partial charge on any atom is 0.319 e. The summed E-state index contributed by atoms with van der Waals surface area (Å²) in [6.07, 6.45) is 1.01. The molecule has 0 aliphatic carbocycles. The van der Waals surface area contributed by atoms with Gasteiger partial charge in [-0.3, -0.25) is 4.79 Å². The van der Waals surface area contributed by atoms with Crippen molar-refractivity contribution in [2.75, 3.05) is 26.7 Å². The molecule has 0 aromatic carbocycles. The molecule has 6 nitrogen and oxygen atoms in total. The molecule has 1 rings (SSSR count). The molecule has 2 N–H and O–H groups in total. The van der Waals surface area contributed by atoms with Crippen molar-refractivity contribution in [3.63, 3.8) is 0 Å². The van der Waals surface area contributed by atoms with Gasteiger partial charge in [0.2, 0.25) is 0 Å². The molecule has 0 bridgehead atoms. The van der Waals surface area contributed by atoms with Gasteiger partial charge in [0.05, 0.1) is 6.10 Å². The average Bonchev–Trinajstić information content (AvgIpc) is 2.72. The number of carboxylic acids is 1. The Balaban J connectivity index is 2.37. The molecule has 0 spiro atoms. The van der Waals surface area contributed by atoms with Crippen molar-refractivity contribution < 1.29 is 19.8 Å². The highest BCUT2D eigenvalue weighted by atomic mass is 16.4. The summed E-state index contributed by atoms with van der Waals surface area (Å²) < 4.78 is 0. The minimum Gasteiger partial charge on any atom is -0.481 e. The lowest BCUT2D eigenvalue weighted by atomic mass is 10.1. The van der Waals surface area contributed by atoms with Crippen LogP contribution in [0, 0.1) is 5.92 Å². The van der Waals surface area contributed by atoms with Crippen LogP contribution in [-0.4, -0.2) is 64.8 Å². The summed E-state index contributed by atoms with van der Waals surface area (Å²) in [6.45, 7) is 3.34. The fraction of sp³-hybridized carbons (Fsp3) is 0.833. The van der Waals surface area contributed by atoms with Gasteiger partial charge >= 0.3 is 12.0 Å². The second-order valence-electron chi connectivity index (χ2n) is 5.04. The van der Waals surface area contributed by atoms with Crippen molar-refractivity contribution in [3.8, 4) is 0 Å². The van der Waals surface area contributed by atoms with Gasteiger partial charge in [-0.05, 0) is 25.7 Å². The highest BCUT2D eigenvalue weighted by Crippen LogP contribution is 2.20. The Morgan fingerprint density at radius 3 is 2.72 bits per heavy atom. The number of amides is 2. The van der Waals surface area contributed by atoms with Crippen LogP contribution in [0.5, 0.6) is 0 Å². The smallest absolute Gasteiger partial charge is 0.319 e. The summed E-state index contributed by atoms with van der Waals surface area (Å²) in [6, 6.07) is -0.0801. The zero-order valence-corrected chi connectivity index (χ0v) is 11.0. The number of carbonyl (C=O) groups excluding carboxylic acids is 1. The van der Waals surface area contributed by atoms with E-state index in [1.54, 1.807) is 23.8 Å². The first-order chi connectivity index (χ1) is 8.40. The Morgan fingerprint density at radius 1 is 1.50 bits per heavy atom. The zero-order valence-electron chi connectivity index (χ0n) is 11.0. The number of aliphatic carboxylic acids is 1. The molecule has 0 aromatic rings. The van der Waals surface area contributed by atoms with Crippen LogP contribution in [0.4, 0.5) is 4.79 Å². The fourth-order valence-electron chi connectivity index (χ4n) is 2.14. The fourth-order valence-corrected chi connectivity index (χ4v) is 2.14. The molecule has 0 radical (unpaired) electrons. The Hall–Kier alpha value is -1.30. The predicted molar refractivity (Wildman–Crippen MR) is 66.3 cm³/mol. The summed E-state index contributed by atoms with van der Waals surface area (Å²) in [5.41, 5.74) is 0. The third-order valence-corrected chi connectivity index (χ3v) is 3.23. The molecule has 1 saturated heterocycles. The molecule has 1 aliphatic heterocycles. The molecule has 1 aliphatic rings.